The number of morpholine rings is 1. The van der Waals surface area contributed by atoms with Crippen LogP contribution in [0.4, 0.5) is 11.4 Å². The lowest BCUT2D eigenvalue weighted by Crippen LogP contribution is -2.48. The Hall–Kier alpha value is -2.42. The van der Waals surface area contributed by atoms with E-state index >= 15 is 0 Å². The van der Waals surface area contributed by atoms with Crippen molar-refractivity contribution in [2.45, 2.75) is 44.3 Å². The number of ether oxygens (including phenoxy) is 1. The van der Waals surface area contributed by atoms with Crippen molar-refractivity contribution in [3.63, 3.8) is 0 Å². The fourth-order valence-electron chi connectivity index (χ4n) is 3.43. The minimum absolute atomic E-state index is 0.120. The molecule has 0 bridgehead atoms. The van der Waals surface area contributed by atoms with Crippen molar-refractivity contribution in [1.29, 1.82) is 0 Å². The third kappa shape index (κ3) is 5.59. The number of benzene rings is 2. The van der Waals surface area contributed by atoms with Gasteiger partial charge in [-0.25, -0.2) is 8.42 Å². The summed E-state index contributed by atoms with van der Waals surface area (Å²) in [6, 6.07) is 14.2. The standard InChI is InChI=1S/C22H29N3O4S/c1-4-18-5-7-19(8-6-18)23-13-22(26)24-20-9-11-21(12-10-20)30(27,28)25-14-16(2)29-17(3)15-25/h5-12,16-17,23H,4,13-15H2,1-3H3,(H,24,26)/t16-,17+. The third-order valence-electron chi connectivity index (χ3n) is 4.98. The van der Waals surface area contributed by atoms with Crippen molar-refractivity contribution in [1.82, 2.24) is 4.31 Å². The molecule has 2 aromatic rings. The molecular weight excluding hydrogens is 402 g/mol. The largest absolute Gasteiger partial charge is 0.376 e. The van der Waals surface area contributed by atoms with Crippen molar-refractivity contribution >= 4 is 27.3 Å². The Morgan fingerprint density at radius 1 is 1.00 bits per heavy atom. The fraction of sp³-hybridized carbons (Fsp3) is 0.409. The number of sulfonamides is 1. The summed E-state index contributed by atoms with van der Waals surface area (Å²) in [4.78, 5) is 12.4. The van der Waals surface area contributed by atoms with E-state index in [1.54, 1.807) is 12.1 Å². The molecule has 0 unspecified atom stereocenters. The molecule has 0 aromatic heterocycles. The smallest absolute Gasteiger partial charge is 0.243 e. The lowest BCUT2D eigenvalue weighted by Gasteiger charge is -2.34. The van der Waals surface area contributed by atoms with Gasteiger partial charge in [0, 0.05) is 24.5 Å². The minimum atomic E-state index is -3.60. The molecule has 0 radical (unpaired) electrons. The Morgan fingerprint density at radius 2 is 1.57 bits per heavy atom. The lowest BCUT2D eigenvalue weighted by molar-refractivity contribution is -0.114. The van der Waals surface area contributed by atoms with Crippen LogP contribution in [0.25, 0.3) is 0 Å². The number of aryl methyl sites for hydroxylation is 1. The molecule has 1 heterocycles. The van der Waals surface area contributed by atoms with Gasteiger partial charge < -0.3 is 15.4 Å². The molecule has 2 aromatic carbocycles. The van der Waals surface area contributed by atoms with Crippen molar-refractivity contribution in [2.75, 3.05) is 30.3 Å². The highest BCUT2D eigenvalue weighted by atomic mass is 32.2. The molecule has 1 aliphatic heterocycles. The molecule has 1 fully saturated rings. The number of carbonyl (C=O) groups is 1. The van der Waals surface area contributed by atoms with E-state index in [9.17, 15) is 13.2 Å². The van der Waals surface area contributed by atoms with E-state index in [2.05, 4.69) is 17.6 Å². The maximum atomic E-state index is 12.9. The molecule has 1 aliphatic rings. The van der Waals surface area contributed by atoms with Gasteiger partial charge in [0.1, 0.15) is 0 Å². The summed E-state index contributed by atoms with van der Waals surface area (Å²) in [7, 11) is -3.60. The number of hydrogen-bond donors (Lipinski definition) is 2. The second kappa shape index (κ2) is 9.59. The lowest BCUT2D eigenvalue weighted by atomic mass is 10.1. The molecule has 2 atom stereocenters. The third-order valence-corrected chi connectivity index (χ3v) is 6.82. The van der Waals surface area contributed by atoms with E-state index in [-0.39, 0.29) is 29.6 Å². The summed E-state index contributed by atoms with van der Waals surface area (Å²) < 4.78 is 32.8. The zero-order valence-corrected chi connectivity index (χ0v) is 18.4. The zero-order chi connectivity index (χ0) is 21.7. The van der Waals surface area contributed by atoms with Gasteiger partial charge in [0.15, 0.2) is 0 Å². The monoisotopic (exact) mass is 431 g/mol. The van der Waals surface area contributed by atoms with Crippen LogP contribution >= 0.6 is 0 Å². The Balaban J connectivity index is 1.57. The van der Waals surface area contributed by atoms with E-state index in [0.717, 1.165) is 12.1 Å². The first-order valence-corrected chi connectivity index (χ1v) is 11.6. The molecule has 8 heteroatoms. The zero-order valence-electron chi connectivity index (χ0n) is 17.6. The van der Waals surface area contributed by atoms with Crippen LogP contribution in [0.5, 0.6) is 0 Å². The van der Waals surface area contributed by atoms with Crippen LogP contribution in [0.1, 0.15) is 26.3 Å². The van der Waals surface area contributed by atoms with Crippen LogP contribution in [0.3, 0.4) is 0 Å². The summed E-state index contributed by atoms with van der Waals surface area (Å²) in [5.74, 6) is -0.207. The summed E-state index contributed by atoms with van der Waals surface area (Å²) in [5.41, 5.74) is 2.66. The van der Waals surface area contributed by atoms with Crippen LogP contribution in [-0.2, 0) is 26.0 Å². The number of carbonyl (C=O) groups excluding carboxylic acids is 1. The molecule has 0 spiro atoms. The highest BCUT2D eigenvalue weighted by molar-refractivity contribution is 7.89. The number of anilines is 2. The molecule has 162 valence electrons. The van der Waals surface area contributed by atoms with Gasteiger partial charge in [-0.15, -0.1) is 0 Å². The summed E-state index contributed by atoms with van der Waals surface area (Å²) in [6.07, 6.45) is 0.677. The van der Waals surface area contributed by atoms with Crippen molar-refractivity contribution < 1.29 is 17.9 Å². The van der Waals surface area contributed by atoms with Crippen LogP contribution in [0.15, 0.2) is 53.4 Å². The van der Waals surface area contributed by atoms with Gasteiger partial charge in [-0.05, 0) is 62.2 Å². The van der Waals surface area contributed by atoms with Gasteiger partial charge in [0.2, 0.25) is 15.9 Å². The molecule has 0 saturated carbocycles. The SMILES string of the molecule is CCc1ccc(NCC(=O)Nc2ccc(S(=O)(=O)N3C[C@@H](C)O[C@@H](C)C3)cc2)cc1. The van der Waals surface area contributed by atoms with Crippen LogP contribution in [0.2, 0.25) is 0 Å². The summed E-state index contributed by atoms with van der Waals surface area (Å²) in [5, 5.41) is 5.85. The first-order chi connectivity index (χ1) is 14.3. The van der Waals surface area contributed by atoms with Crippen molar-refractivity contribution in [3.05, 3.63) is 54.1 Å². The van der Waals surface area contributed by atoms with Gasteiger partial charge in [0.25, 0.3) is 0 Å². The number of nitrogens with one attached hydrogen (secondary N) is 2. The van der Waals surface area contributed by atoms with Crippen molar-refractivity contribution in [2.24, 2.45) is 0 Å². The van der Waals surface area contributed by atoms with Gasteiger partial charge in [-0.3, -0.25) is 4.79 Å². The Kier molecular flexibility index (Phi) is 7.12. The molecule has 3 rings (SSSR count). The Labute approximate surface area is 178 Å². The number of hydrogen-bond acceptors (Lipinski definition) is 5. The van der Waals surface area contributed by atoms with Crippen LogP contribution in [-0.4, -0.2) is 50.5 Å². The Bertz CT molecular complexity index is 949. The minimum Gasteiger partial charge on any atom is -0.376 e. The van der Waals surface area contributed by atoms with Gasteiger partial charge in [-0.1, -0.05) is 19.1 Å². The van der Waals surface area contributed by atoms with Crippen LogP contribution < -0.4 is 10.6 Å². The van der Waals surface area contributed by atoms with Gasteiger partial charge in [-0.2, -0.15) is 4.31 Å². The second-order valence-corrected chi connectivity index (χ2v) is 9.49. The van der Waals surface area contributed by atoms with Crippen molar-refractivity contribution in [3.8, 4) is 0 Å². The molecule has 7 nitrogen and oxygen atoms in total. The summed E-state index contributed by atoms with van der Waals surface area (Å²) in [6.45, 7) is 6.60. The fourth-order valence-corrected chi connectivity index (χ4v) is 5.02. The normalized spacial score (nSPS) is 20.0. The number of nitrogens with zero attached hydrogens (tertiary/aromatic N) is 1. The number of rotatable bonds is 7. The second-order valence-electron chi connectivity index (χ2n) is 7.56. The average Bonchev–Trinajstić information content (AvgIpc) is 2.72. The predicted octanol–water partition coefficient (Wildman–Crippen LogP) is 3.10. The Morgan fingerprint density at radius 3 is 2.13 bits per heavy atom. The van der Waals surface area contributed by atoms with E-state index in [1.165, 1.54) is 22.0 Å². The average molecular weight is 432 g/mol. The number of amides is 1. The highest BCUT2D eigenvalue weighted by Crippen LogP contribution is 2.22. The highest BCUT2D eigenvalue weighted by Gasteiger charge is 2.32. The van der Waals surface area contributed by atoms with E-state index < -0.39 is 10.0 Å². The quantitative estimate of drug-likeness (QED) is 0.703. The molecule has 30 heavy (non-hydrogen) atoms. The molecule has 1 amide bonds. The van der Waals surface area contributed by atoms with E-state index in [0.29, 0.717) is 18.8 Å². The van der Waals surface area contributed by atoms with Crippen LogP contribution in [0, 0.1) is 0 Å². The molecule has 2 N–H and O–H groups in total. The maximum Gasteiger partial charge on any atom is 0.243 e. The topological polar surface area (TPSA) is 87.7 Å². The van der Waals surface area contributed by atoms with Gasteiger partial charge in [0.05, 0.1) is 23.6 Å². The van der Waals surface area contributed by atoms with E-state index in [1.807, 2.05) is 38.1 Å². The van der Waals surface area contributed by atoms with E-state index in [4.69, 9.17) is 4.74 Å². The molecule has 0 aliphatic carbocycles. The maximum absolute atomic E-state index is 12.9. The first-order valence-electron chi connectivity index (χ1n) is 10.2. The first kappa shape index (κ1) is 22.3. The predicted molar refractivity (Wildman–Crippen MR) is 118 cm³/mol. The summed E-state index contributed by atoms with van der Waals surface area (Å²) >= 11 is 0. The molecular formula is C22H29N3O4S. The van der Waals surface area contributed by atoms with Gasteiger partial charge >= 0.3 is 0 Å². The molecule has 1 saturated heterocycles.